The van der Waals surface area contributed by atoms with Crippen LogP contribution >= 0.6 is 7.14 Å². The molecule has 1 amide bonds. The first kappa shape index (κ1) is 24.8. The number of carbonyl (C=O) groups is 1. The van der Waals surface area contributed by atoms with Gasteiger partial charge in [0.1, 0.15) is 19.2 Å². The van der Waals surface area contributed by atoms with Gasteiger partial charge in [0.05, 0.1) is 0 Å². The second-order valence-electron chi connectivity index (χ2n) is 7.81. The zero-order valence-electron chi connectivity index (χ0n) is 17.9. The van der Waals surface area contributed by atoms with E-state index in [1.807, 2.05) is 49.1 Å². The van der Waals surface area contributed by atoms with Gasteiger partial charge < -0.3 is 9.67 Å². The Balaban J connectivity index is 3.24. The van der Waals surface area contributed by atoms with E-state index in [9.17, 15) is 19.7 Å². The van der Waals surface area contributed by atoms with Crippen LogP contribution < -0.4 is 0 Å². The molecule has 0 saturated heterocycles. The molecule has 2 N–H and O–H groups in total. The molecule has 0 aliphatic carbocycles. The van der Waals surface area contributed by atoms with Gasteiger partial charge in [0.2, 0.25) is 5.91 Å². The quantitative estimate of drug-likeness (QED) is 0.235. The highest BCUT2D eigenvalue weighted by Crippen LogP contribution is 2.45. The van der Waals surface area contributed by atoms with Gasteiger partial charge in [0, 0.05) is 19.5 Å². The topological polar surface area (TPSA) is 81.1 Å². The molecule has 0 saturated carbocycles. The van der Waals surface area contributed by atoms with E-state index in [-0.39, 0.29) is 0 Å². The van der Waals surface area contributed by atoms with Crippen molar-refractivity contribution < 1.29 is 19.7 Å². The van der Waals surface area contributed by atoms with Gasteiger partial charge in [-0.1, -0.05) is 50.6 Å². The van der Waals surface area contributed by atoms with Crippen LogP contribution in [0.2, 0.25) is 0 Å². The van der Waals surface area contributed by atoms with Crippen LogP contribution in [-0.2, 0) is 15.8 Å². The molecule has 160 valence electrons. The van der Waals surface area contributed by atoms with E-state index >= 15 is 0 Å². The summed E-state index contributed by atoms with van der Waals surface area (Å²) in [5.41, 5.74) is 1.14. The summed E-state index contributed by atoms with van der Waals surface area (Å²) in [5, 5.41) is 22.2. The molecule has 0 aliphatic rings. The highest BCUT2D eigenvalue weighted by molar-refractivity contribution is 7.62. The largest absolute Gasteiger partial charge is 0.384 e. The Morgan fingerprint density at radius 2 is 1.71 bits per heavy atom. The van der Waals surface area contributed by atoms with Crippen LogP contribution in [0, 0.1) is 0 Å². The van der Waals surface area contributed by atoms with Crippen LogP contribution in [0.3, 0.4) is 0 Å². The third kappa shape index (κ3) is 7.32. The molecule has 0 spiro atoms. The van der Waals surface area contributed by atoms with Crippen LogP contribution in [0.1, 0.15) is 52.0 Å². The third-order valence-electron chi connectivity index (χ3n) is 5.00. The van der Waals surface area contributed by atoms with Crippen LogP contribution in [0.25, 0.3) is 0 Å². The fraction of sp³-hybridized carbons (Fsp3) is 0.667. The number of nitrogens with zero attached hydrogens (tertiary/aromatic N) is 2. The van der Waals surface area contributed by atoms with Crippen molar-refractivity contribution in [1.82, 2.24) is 9.96 Å². The van der Waals surface area contributed by atoms with Crippen LogP contribution in [0.5, 0.6) is 0 Å². The summed E-state index contributed by atoms with van der Waals surface area (Å²) in [5.74, 6) is -1.46. The van der Waals surface area contributed by atoms with Crippen molar-refractivity contribution in [1.29, 1.82) is 0 Å². The van der Waals surface area contributed by atoms with Crippen molar-refractivity contribution in [2.24, 2.45) is 0 Å². The van der Waals surface area contributed by atoms with Gasteiger partial charge >= 0.3 is 0 Å². The number of rotatable bonds is 12. The Kier molecular flexibility index (Phi) is 10.4. The molecule has 0 radical (unpaired) electrons. The van der Waals surface area contributed by atoms with E-state index in [2.05, 4.69) is 0 Å². The van der Waals surface area contributed by atoms with Crippen LogP contribution in [-0.4, -0.2) is 64.1 Å². The Labute approximate surface area is 169 Å². The maximum absolute atomic E-state index is 12.7. The maximum Gasteiger partial charge on any atom is 0.244 e. The average Bonchev–Trinajstić information content (AvgIpc) is 2.64. The number of aryl methyl sites for hydroxylation is 1. The first-order valence-electron chi connectivity index (χ1n) is 10.1. The summed E-state index contributed by atoms with van der Waals surface area (Å²) < 4.78 is 12.7. The van der Waals surface area contributed by atoms with Gasteiger partial charge in [-0.15, -0.1) is 0 Å². The van der Waals surface area contributed by atoms with E-state index in [0.717, 1.165) is 23.5 Å². The third-order valence-corrected chi connectivity index (χ3v) is 6.61. The first-order chi connectivity index (χ1) is 13.1. The first-order valence-corrected chi connectivity index (χ1v) is 12.8. The second kappa shape index (κ2) is 11.7. The molecular weight excluding hydrogens is 375 g/mol. The van der Waals surface area contributed by atoms with E-state index in [1.54, 1.807) is 13.3 Å². The van der Waals surface area contributed by atoms with Crippen molar-refractivity contribution in [2.45, 2.75) is 70.9 Å². The fourth-order valence-corrected chi connectivity index (χ4v) is 4.70. The highest BCUT2D eigenvalue weighted by atomic mass is 31.2. The molecule has 0 heterocycles. The summed E-state index contributed by atoms with van der Waals surface area (Å²) in [6.45, 7) is 9.11. The van der Waals surface area contributed by atoms with E-state index in [1.165, 1.54) is 6.92 Å². The summed E-state index contributed by atoms with van der Waals surface area (Å²) in [6.07, 6.45) is 2.88. The molecule has 0 bridgehead atoms. The number of hydrogen-bond donors (Lipinski definition) is 2. The minimum absolute atomic E-state index is 0.425. The Bertz CT molecular complexity index is 635. The van der Waals surface area contributed by atoms with Crippen molar-refractivity contribution in [3.63, 3.8) is 0 Å². The molecule has 1 rings (SSSR count). The average molecular weight is 413 g/mol. The molecule has 0 aliphatic heterocycles. The lowest BCUT2D eigenvalue weighted by Crippen LogP contribution is -2.56. The molecule has 0 fully saturated rings. The van der Waals surface area contributed by atoms with Crippen molar-refractivity contribution in [2.75, 3.05) is 19.9 Å². The Hall–Kier alpha value is -1.20. The molecule has 3 unspecified atom stereocenters. The molecule has 0 aromatic heterocycles. The zero-order chi connectivity index (χ0) is 21.3. The number of carbonyl (C=O) groups excluding carboxylic acids is 1. The van der Waals surface area contributed by atoms with Crippen molar-refractivity contribution in [3.8, 4) is 0 Å². The number of amides is 1. The van der Waals surface area contributed by atoms with E-state index in [4.69, 9.17) is 0 Å². The number of aliphatic hydroxyl groups excluding tert-OH is 1. The minimum Gasteiger partial charge on any atom is -0.384 e. The Morgan fingerprint density at radius 3 is 2.18 bits per heavy atom. The van der Waals surface area contributed by atoms with Gasteiger partial charge in [-0.3, -0.25) is 14.9 Å². The lowest BCUT2D eigenvalue weighted by molar-refractivity contribution is -0.198. The predicted molar refractivity (Wildman–Crippen MR) is 114 cm³/mol. The normalized spacial score (nSPS) is 15.3. The highest BCUT2D eigenvalue weighted by Gasteiger charge is 2.38. The van der Waals surface area contributed by atoms with Crippen molar-refractivity contribution >= 4 is 13.0 Å². The summed E-state index contributed by atoms with van der Waals surface area (Å²) >= 11 is 0. The summed E-state index contributed by atoms with van der Waals surface area (Å²) in [4.78, 5) is 13.8. The Morgan fingerprint density at radius 1 is 1.11 bits per heavy atom. The van der Waals surface area contributed by atoms with Crippen molar-refractivity contribution in [3.05, 3.63) is 35.9 Å². The summed E-state index contributed by atoms with van der Waals surface area (Å²) in [6, 6.07) is 9.54. The van der Waals surface area contributed by atoms with Crippen LogP contribution in [0.4, 0.5) is 0 Å². The predicted octanol–water partition coefficient (Wildman–Crippen LogP) is 4.00. The van der Waals surface area contributed by atoms with Crippen LogP contribution in [0.15, 0.2) is 30.3 Å². The maximum atomic E-state index is 12.7. The van der Waals surface area contributed by atoms with Gasteiger partial charge in [-0.2, -0.15) is 0 Å². The molecular formula is C21H37N2O4P. The zero-order valence-corrected chi connectivity index (χ0v) is 18.8. The lowest BCUT2D eigenvalue weighted by Gasteiger charge is -2.43. The number of benzene rings is 1. The number of aliphatic hydroxyl groups is 1. The summed E-state index contributed by atoms with van der Waals surface area (Å²) in [7, 11) is -2.80. The molecule has 28 heavy (non-hydrogen) atoms. The minimum atomic E-state index is -2.80. The van der Waals surface area contributed by atoms with Gasteiger partial charge in [0.25, 0.3) is 0 Å². The SMILES string of the molecule is CCCC(N(O)C(C)=O)N(CCC)C(CCc1ccccc1)C(O)P(C)(C)=O. The molecule has 7 heteroatoms. The molecule has 3 atom stereocenters. The van der Waals surface area contributed by atoms with E-state index < -0.39 is 31.1 Å². The number of hydroxylamine groups is 2. The second-order valence-corrected chi connectivity index (χ2v) is 11.2. The molecule has 1 aromatic rings. The van der Waals surface area contributed by atoms with E-state index in [0.29, 0.717) is 25.8 Å². The van der Waals surface area contributed by atoms with Gasteiger partial charge in [-0.05, 0) is 44.6 Å². The smallest absolute Gasteiger partial charge is 0.244 e. The van der Waals surface area contributed by atoms with Gasteiger partial charge in [-0.25, -0.2) is 5.06 Å². The van der Waals surface area contributed by atoms with Gasteiger partial charge in [0.15, 0.2) is 0 Å². The molecule has 6 nitrogen and oxygen atoms in total. The molecule has 1 aromatic carbocycles. The lowest BCUT2D eigenvalue weighted by atomic mass is 10.0. The monoisotopic (exact) mass is 412 g/mol. The fourth-order valence-electron chi connectivity index (χ4n) is 3.55. The standard InChI is InChI=1S/C21H37N2O4P/c1-6-11-20(23(26)17(3)24)22(16-7-2)19(21(25)28(4,5)27)15-14-18-12-9-8-10-13-18/h8-10,12-13,19-21,25-26H,6-7,11,14-16H2,1-5H3. The number of hydrogen-bond acceptors (Lipinski definition) is 5.